The van der Waals surface area contributed by atoms with Crippen LogP contribution in [0.5, 0.6) is 0 Å². The summed E-state index contributed by atoms with van der Waals surface area (Å²) in [5.74, 6) is -0.457. The van der Waals surface area contributed by atoms with Crippen molar-refractivity contribution < 1.29 is 47.1 Å². The highest BCUT2D eigenvalue weighted by Crippen LogP contribution is 2.45. The van der Waals surface area contributed by atoms with Gasteiger partial charge in [-0.2, -0.15) is 0 Å². The Morgan fingerprint density at radius 2 is 1.42 bits per heavy atom. The van der Waals surface area contributed by atoms with Gasteiger partial charge in [0, 0.05) is 31.0 Å². The monoisotopic (exact) mass is 844 g/mol. The van der Waals surface area contributed by atoms with Crippen molar-refractivity contribution in [1.82, 2.24) is 9.80 Å². The molecular weight excluding hydrogens is 792 g/mol. The second kappa shape index (κ2) is 21.7. The molecule has 59 heavy (non-hydrogen) atoms. The third-order valence-electron chi connectivity index (χ3n) is 9.80. The van der Waals surface area contributed by atoms with Crippen molar-refractivity contribution in [2.75, 3.05) is 39.4 Å². The fraction of sp³-hybridized carbons (Fsp3) is 0.356. The van der Waals surface area contributed by atoms with Crippen LogP contribution in [0.3, 0.4) is 0 Å². The van der Waals surface area contributed by atoms with Gasteiger partial charge in [0.25, 0.3) is 5.91 Å². The SMILES string of the molecule is CC1CC(COP(=O)(O)OCCSC(=O)C(C)(C)COC(c2ccccc2)(c2ccccc2)c2ccccc2)OC1N(C)/C=C\C(=O)N(C=O)COCc1ccccc1. The minimum atomic E-state index is -4.47. The maximum Gasteiger partial charge on any atom is 0.472 e. The number of phosphoric ester groups is 1. The van der Waals surface area contributed by atoms with Crippen LogP contribution in [0, 0.1) is 11.3 Å². The van der Waals surface area contributed by atoms with Crippen LogP contribution in [-0.4, -0.2) is 83.8 Å². The third-order valence-corrected chi connectivity index (χ3v) is 12.0. The molecule has 0 bridgehead atoms. The summed E-state index contributed by atoms with van der Waals surface area (Å²) in [7, 11) is -2.74. The quantitative estimate of drug-likeness (QED) is 0.0206. The van der Waals surface area contributed by atoms with Crippen LogP contribution in [0.4, 0.5) is 0 Å². The minimum Gasteiger partial charge on any atom is -0.360 e. The van der Waals surface area contributed by atoms with Gasteiger partial charge in [-0.3, -0.25) is 28.3 Å². The van der Waals surface area contributed by atoms with Crippen LogP contribution < -0.4 is 0 Å². The van der Waals surface area contributed by atoms with Gasteiger partial charge in [0.2, 0.25) is 6.41 Å². The lowest BCUT2D eigenvalue weighted by molar-refractivity contribution is -0.141. The highest BCUT2D eigenvalue weighted by atomic mass is 32.2. The van der Waals surface area contributed by atoms with Crippen LogP contribution in [0.2, 0.25) is 0 Å². The molecule has 1 saturated heterocycles. The molecule has 0 aliphatic carbocycles. The molecule has 1 aliphatic heterocycles. The lowest BCUT2D eigenvalue weighted by Gasteiger charge is -2.38. The van der Waals surface area contributed by atoms with Gasteiger partial charge < -0.3 is 24.0 Å². The van der Waals surface area contributed by atoms with Crippen molar-refractivity contribution in [2.45, 2.75) is 51.7 Å². The predicted molar refractivity (Wildman–Crippen MR) is 226 cm³/mol. The van der Waals surface area contributed by atoms with E-state index in [-0.39, 0.29) is 49.9 Å². The molecular formula is C45H53N2O10PS. The van der Waals surface area contributed by atoms with Crippen molar-refractivity contribution in [2.24, 2.45) is 11.3 Å². The lowest BCUT2D eigenvalue weighted by atomic mass is 9.79. The van der Waals surface area contributed by atoms with E-state index in [1.165, 1.54) is 12.3 Å². The molecule has 4 aromatic rings. The maximum atomic E-state index is 13.6. The first-order valence-corrected chi connectivity index (χ1v) is 21.9. The van der Waals surface area contributed by atoms with E-state index < -0.39 is 37.1 Å². The van der Waals surface area contributed by atoms with Gasteiger partial charge >= 0.3 is 7.82 Å². The Morgan fingerprint density at radius 1 is 0.881 bits per heavy atom. The molecule has 0 radical (unpaired) electrons. The van der Waals surface area contributed by atoms with Crippen molar-refractivity contribution in [3.8, 4) is 0 Å². The van der Waals surface area contributed by atoms with Gasteiger partial charge in [0.05, 0.1) is 37.9 Å². The summed E-state index contributed by atoms with van der Waals surface area (Å²) in [5, 5.41) is -0.160. The molecule has 14 heteroatoms. The fourth-order valence-corrected chi connectivity index (χ4v) is 8.36. The zero-order chi connectivity index (χ0) is 42.3. The number of nitrogens with zero attached hydrogens (tertiary/aromatic N) is 2. The molecule has 12 nitrogen and oxygen atoms in total. The zero-order valence-electron chi connectivity index (χ0n) is 33.8. The second-order valence-electron chi connectivity index (χ2n) is 14.9. The Labute approximate surface area is 351 Å². The molecule has 1 N–H and O–H groups in total. The van der Waals surface area contributed by atoms with Crippen LogP contribution in [0.25, 0.3) is 0 Å². The standard InChI is InChI=1S/C45H53N2O10PS/c1-35-29-40(57-42(35)46(4)26-25-41(49)47(33-48)34-53-30-36-17-9-5-10-18-36)31-56-58(51,52)55-27-28-59-43(50)44(2,3)32-54-45(37-19-11-6-12-20-37,38-21-13-7-14-22-38)39-23-15-8-16-24-39/h5-26,33,35,40,42H,27-32,34H2,1-4H3,(H,51,52)/b26-25-. The van der Waals surface area contributed by atoms with E-state index in [2.05, 4.69) is 0 Å². The number of hydrogen-bond acceptors (Lipinski definition) is 11. The molecule has 4 atom stereocenters. The van der Waals surface area contributed by atoms with E-state index in [0.717, 1.165) is 38.9 Å². The van der Waals surface area contributed by atoms with E-state index in [0.29, 0.717) is 12.8 Å². The number of thioether (sulfide) groups is 1. The molecule has 5 rings (SSSR count). The zero-order valence-corrected chi connectivity index (χ0v) is 35.5. The number of amides is 2. The molecule has 4 aromatic carbocycles. The summed E-state index contributed by atoms with van der Waals surface area (Å²) in [6.07, 6.45) is 2.72. The van der Waals surface area contributed by atoms with Gasteiger partial charge in [-0.25, -0.2) is 4.57 Å². The summed E-state index contributed by atoms with van der Waals surface area (Å²) in [4.78, 5) is 50.8. The minimum absolute atomic E-state index is 0.0169. The molecule has 1 heterocycles. The summed E-state index contributed by atoms with van der Waals surface area (Å²) < 4.78 is 41.8. The van der Waals surface area contributed by atoms with Crippen LogP contribution >= 0.6 is 19.6 Å². The van der Waals surface area contributed by atoms with E-state index >= 15 is 0 Å². The number of rotatable bonds is 22. The Kier molecular flexibility index (Phi) is 16.8. The number of phosphoric acid groups is 1. The van der Waals surface area contributed by atoms with Crippen molar-refractivity contribution >= 4 is 37.0 Å². The largest absolute Gasteiger partial charge is 0.472 e. The van der Waals surface area contributed by atoms with E-state index in [4.69, 9.17) is 23.3 Å². The smallest absolute Gasteiger partial charge is 0.360 e. The number of carbonyl (C=O) groups is 3. The first-order valence-electron chi connectivity index (χ1n) is 19.4. The Bertz CT molecular complexity index is 1910. The van der Waals surface area contributed by atoms with E-state index in [1.54, 1.807) is 11.9 Å². The number of benzene rings is 4. The number of hydrogen-bond donors (Lipinski definition) is 1. The van der Waals surface area contributed by atoms with Crippen molar-refractivity contribution in [3.05, 3.63) is 156 Å². The van der Waals surface area contributed by atoms with Gasteiger partial charge in [-0.15, -0.1) is 0 Å². The van der Waals surface area contributed by atoms with E-state index in [9.17, 15) is 23.8 Å². The van der Waals surface area contributed by atoms with Crippen molar-refractivity contribution in [1.29, 1.82) is 0 Å². The molecule has 0 spiro atoms. The lowest BCUT2D eigenvalue weighted by Crippen LogP contribution is -2.38. The fourth-order valence-electron chi connectivity index (χ4n) is 6.68. The number of ether oxygens (including phenoxy) is 3. The van der Waals surface area contributed by atoms with E-state index in [1.807, 2.05) is 142 Å². The highest BCUT2D eigenvalue weighted by molar-refractivity contribution is 8.13. The second-order valence-corrected chi connectivity index (χ2v) is 17.4. The first kappa shape index (κ1) is 45.7. The van der Waals surface area contributed by atoms with Crippen LogP contribution in [-0.2, 0) is 54.4 Å². The number of carbonyl (C=O) groups excluding carboxylic acids is 3. The summed E-state index contributed by atoms with van der Waals surface area (Å²) in [6.45, 7) is 5.32. The third kappa shape index (κ3) is 12.8. The van der Waals surface area contributed by atoms with Gasteiger partial charge in [0.1, 0.15) is 18.6 Å². The molecule has 314 valence electrons. The average Bonchev–Trinajstić information content (AvgIpc) is 3.64. The van der Waals surface area contributed by atoms with Crippen molar-refractivity contribution in [3.63, 3.8) is 0 Å². The van der Waals surface area contributed by atoms with Gasteiger partial charge in [-0.05, 0) is 42.5 Å². The maximum absolute atomic E-state index is 13.6. The molecule has 1 aliphatic rings. The molecule has 1 fully saturated rings. The van der Waals surface area contributed by atoms with Crippen LogP contribution in [0.15, 0.2) is 134 Å². The number of imide groups is 1. The Hall–Kier alpha value is -4.43. The average molecular weight is 845 g/mol. The molecule has 0 saturated carbocycles. The normalized spacial score (nSPS) is 18.0. The van der Waals surface area contributed by atoms with Crippen LogP contribution in [0.1, 0.15) is 49.4 Å². The topological polar surface area (TPSA) is 141 Å². The van der Waals surface area contributed by atoms with Gasteiger partial charge in [-0.1, -0.05) is 140 Å². The Balaban J connectivity index is 1.07. The molecule has 4 unspecified atom stereocenters. The summed E-state index contributed by atoms with van der Waals surface area (Å²) >= 11 is 1.00. The summed E-state index contributed by atoms with van der Waals surface area (Å²) in [5.41, 5.74) is 1.77. The molecule has 2 amide bonds. The molecule has 0 aromatic heterocycles. The predicted octanol–water partition coefficient (Wildman–Crippen LogP) is 7.77. The summed E-state index contributed by atoms with van der Waals surface area (Å²) in [6, 6.07) is 39.2. The Morgan fingerprint density at radius 3 is 1.97 bits per heavy atom. The first-order chi connectivity index (χ1) is 28.3. The highest BCUT2D eigenvalue weighted by Gasteiger charge is 2.41. The van der Waals surface area contributed by atoms with Gasteiger partial charge in [0.15, 0.2) is 5.12 Å².